The minimum Gasteiger partial charge on any atom is -0.444 e. The van der Waals surface area contributed by atoms with Gasteiger partial charge in [-0.15, -0.1) is 0 Å². The molecule has 1 atom stereocenters. The SMILES string of the molecule is CC(C)(C)OC(=O)NCCNC(=O)c1cc2cc(C(=O)OC3CCN3)ccc2[nH]1. The van der Waals surface area contributed by atoms with Crippen molar-refractivity contribution in [2.75, 3.05) is 19.6 Å². The van der Waals surface area contributed by atoms with E-state index in [4.69, 9.17) is 9.47 Å². The molecule has 2 amide bonds. The van der Waals surface area contributed by atoms with Crippen molar-refractivity contribution >= 4 is 28.9 Å². The number of benzene rings is 1. The number of esters is 1. The van der Waals surface area contributed by atoms with Gasteiger partial charge in [-0.2, -0.15) is 0 Å². The second-order valence-corrected chi connectivity index (χ2v) is 7.81. The second kappa shape index (κ2) is 8.52. The fourth-order valence-corrected chi connectivity index (χ4v) is 2.69. The van der Waals surface area contributed by atoms with Crippen LogP contribution in [0.5, 0.6) is 0 Å². The second-order valence-electron chi connectivity index (χ2n) is 7.81. The third kappa shape index (κ3) is 5.71. The maximum Gasteiger partial charge on any atom is 0.407 e. The lowest BCUT2D eigenvalue weighted by Crippen LogP contribution is -2.45. The van der Waals surface area contributed by atoms with Crippen LogP contribution in [-0.4, -0.2) is 54.4 Å². The van der Waals surface area contributed by atoms with Crippen LogP contribution in [0.15, 0.2) is 24.3 Å². The third-order valence-corrected chi connectivity index (χ3v) is 4.21. The fourth-order valence-electron chi connectivity index (χ4n) is 2.69. The lowest BCUT2D eigenvalue weighted by Gasteiger charge is -2.26. The Bertz CT molecular complexity index is 911. The number of carbonyl (C=O) groups is 3. The van der Waals surface area contributed by atoms with Gasteiger partial charge in [-0.3, -0.25) is 10.1 Å². The van der Waals surface area contributed by atoms with E-state index in [0.29, 0.717) is 11.3 Å². The first-order valence-corrected chi connectivity index (χ1v) is 9.53. The Balaban J connectivity index is 1.52. The Kier molecular flexibility index (Phi) is 6.07. The van der Waals surface area contributed by atoms with Gasteiger partial charge in [0.05, 0.1) is 5.56 Å². The van der Waals surface area contributed by atoms with Crippen LogP contribution >= 0.6 is 0 Å². The van der Waals surface area contributed by atoms with Crippen LogP contribution in [0.4, 0.5) is 4.79 Å². The molecule has 29 heavy (non-hydrogen) atoms. The van der Waals surface area contributed by atoms with E-state index in [9.17, 15) is 14.4 Å². The molecule has 1 aliphatic heterocycles. The first kappa shape index (κ1) is 20.7. The highest BCUT2D eigenvalue weighted by atomic mass is 16.6. The molecule has 3 rings (SSSR count). The normalized spacial score (nSPS) is 16.0. The van der Waals surface area contributed by atoms with Crippen LogP contribution in [0, 0.1) is 0 Å². The van der Waals surface area contributed by atoms with Gasteiger partial charge in [0.15, 0.2) is 6.23 Å². The van der Waals surface area contributed by atoms with Crippen molar-refractivity contribution in [1.82, 2.24) is 20.9 Å². The Hall–Kier alpha value is -3.07. The number of H-pyrrole nitrogens is 1. The van der Waals surface area contributed by atoms with E-state index in [1.54, 1.807) is 45.0 Å². The third-order valence-electron chi connectivity index (χ3n) is 4.21. The molecule has 0 spiro atoms. The maximum absolute atomic E-state index is 12.3. The summed E-state index contributed by atoms with van der Waals surface area (Å²) < 4.78 is 10.4. The van der Waals surface area contributed by atoms with Crippen molar-refractivity contribution < 1.29 is 23.9 Å². The zero-order chi connectivity index (χ0) is 21.0. The van der Waals surface area contributed by atoms with Crippen molar-refractivity contribution in [2.45, 2.75) is 39.0 Å². The van der Waals surface area contributed by atoms with Gasteiger partial charge in [-0.25, -0.2) is 9.59 Å². The lowest BCUT2D eigenvalue weighted by atomic mass is 10.1. The average Bonchev–Trinajstić information content (AvgIpc) is 3.03. The number of amides is 2. The van der Waals surface area contributed by atoms with Gasteiger partial charge in [-0.05, 0) is 45.0 Å². The number of alkyl carbamates (subject to hydrolysis) is 1. The molecule has 0 bridgehead atoms. The molecule has 156 valence electrons. The molecule has 9 heteroatoms. The van der Waals surface area contributed by atoms with Crippen LogP contribution in [0.25, 0.3) is 10.9 Å². The molecule has 2 aromatic rings. The van der Waals surface area contributed by atoms with Crippen LogP contribution in [0.3, 0.4) is 0 Å². The van der Waals surface area contributed by atoms with Gasteiger partial charge in [0.2, 0.25) is 0 Å². The summed E-state index contributed by atoms with van der Waals surface area (Å²) in [6.07, 6.45) is 0.0551. The summed E-state index contributed by atoms with van der Waals surface area (Å²) in [5.41, 5.74) is 0.958. The van der Waals surface area contributed by atoms with Crippen molar-refractivity contribution in [3.05, 3.63) is 35.5 Å². The molecule has 1 aromatic carbocycles. The summed E-state index contributed by atoms with van der Waals surface area (Å²) in [6.45, 7) is 6.67. The minimum absolute atomic E-state index is 0.222. The van der Waals surface area contributed by atoms with Crippen molar-refractivity contribution in [1.29, 1.82) is 0 Å². The molecule has 1 aliphatic rings. The van der Waals surface area contributed by atoms with Crippen molar-refractivity contribution in [2.24, 2.45) is 0 Å². The number of hydrogen-bond acceptors (Lipinski definition) is 6. The van der Waals surface area contributed by atoms with Crippen molar-refractivity contribution in [3.8, 4) is 0 Å². The lowest BCUT2D eigenvalue weighted by molar-refractivity contribution is 0.000513. The quantitative estimate of drug-likeness (QED) is 0.433. The molecule has 1 fully saturated rings. The largest absolute Gasteiger partial charge is 0.444 e. The smallest absolute Gasteiger partial charge is 0.407 e. The number of nitrogens with one attached hydrogen (secondary N) is 4. The molecule has 0 saturated carbocycles. The molecule has 0 radical (unpaired) electrons. The zero-order valence-corrected chi connectivity index (χ0v) is 16.8. The molecule has 9 nitrogen and oxygen atoms in total. The monoisotopic (exact) mass is 402 g/mol. The predicted octanol–water partition coefficient (Wildman–Crippen LogP) is 1.90. The summed E-state index contributed by atoms with van der Waals surface area (Å²) in [7, 11) is 0. The van der Waals surface area contributed by atoms with E-state index in [0.717, 1.165) is 23.9 Å². The number of ether oxygens (including phenoxy) is 2. The van der Waals surface area contributed by atoms with Crippen LogP contribution in [0.1, 0.15) is 48.0 Å². The van der Waals surface area contributed by atoms with Gasteiger partial charge < -0.3 is 25.1 Å². The van der Waals surface area contributed by atoms with E-state index >= 15 is 0 Å². The summed E-state index contributed by atoms with van der Waals surface area (Å²) in [5, 5.41) is 9.03. The standard InChI is InChI=1S/C20H26N4O5/c1-20(2,3)29-19(27)23-9-8-22-17(25)15-11-13-10-12(4-5-14(13)24-15)18(26)28-16-6-7-21-16/h4-5,10-11,16,21,24H,6-9H2,1-3H3,(H,22,25)(H,23,27). The number of hydrogen-bond donors (Lipinski definition) is 4. The summed E-state index contributed by atoms with van der Waals surface area (Å²) in [5.74, 6) is -0.709. The van der Waals surface area contributed by atoms with E-state index < -0.39 is 17.7 Å². The van der Waals surface area contributed by atoms with Crippen LogP contribution in [-0.2, 0) is 9.47 Å². The Morgan fingerprint density at radius 2 is 1.86 bits per heavy atom. The fraction of sp³-hybridized carbons (Fsp3) is 0.450. The van der Waals surface area contributed by atoms with Crippen LogP contribution < -0.4 is 16.0 Å². The van der Waals surface area contributed by atoms with E-state index in [1.807, 2.05) is 0 Å². The van der Waals surface area contributed by atoms with E-state index in [1.165, 1.54) is 0 Å². The molecule has 1 aromatic heterocycles. The number of fused-ring (bicyclic) bond motifs is 1. The summed E-state index contributed by atoms with van der Waals surface area (Å²) in [6, 6.07) is 6.76. The molecule has 1 saturated heterocycles. The summed E-state index contributed by atoms with van der Waals surface area (Å²) in [4.78, 5) is 39.1. The number of aromatic amines is 1. The summed E-state index contributed by atoms with van der Waals surface area (Å²) >= 11 is 0. The predicted molar refractivity (Wildman–Crippen MR) is 107 cm³/mol. The molecular formula is C20H26N4O5. The Morgan fingerprint density at radius 1 is 1.14 bits per heavy atom. The van der Waals surface area contributed by atoms with Gasteiger partial charge in [0, 0.05) is 37.0 Å². The molecule has 0 aliphatic carbocycles. The highest BCUT2D eigenvalue weighted by molar-refractivity contribution is 6.00. The van der Waals surface area contributed by atoms with Gasteiger partial charge in [-0.1, -0.05) is 0 Å². The highest BCUT2D eigenvalue weighted by Gasteiger charge is 2.22. The molecular weight excluding hydrogens is 376 g/mol. The molecule has 1 unspecified atom stereocenters. The Labute approximate surface area is 168 Å². The van der Waals surface area contributed by atoms with Crippen molar-refractivity contribution in [3.63, 3.8) is 0 Å². The van der Waals surface area contributed by atoms with Gasteiger partial charge >= 0.3 is 12.1 Å². The van der Waals surface area contributed by atoms with Gasteiger partial charge in [0.1, 0.15) is 11.3 Å². The maximum atomic E-state index is 12.3. The molecule has 4 N–H and O–H groups in total. The van der Waals surface area contributed by atoms with E-state index in [2.05, 4.69) is 20.9 Å². The first-order chi connectivity index (χ1) is 13.7. The van der Waals surface area contributed by atoms with Crippen LogP contribution in [0.2, 0.25) is 0 Å². The first-order valence-electron chi connectivity index (χ1n) is 9.53. The highest BCUT2D eigenvalue weighted by Crippen LogP contribution is 2.19. The number of rotatable bonds is 6. The number of carbonyl (C=O) groups excluding carboxylic acids is 3. The zero-order valence-electron chi connectivity index (χ0n) is 16.8. The number of aromatic nitrogens is 1. The van der Waals surface area contributed by atoms with Gasteiger partial charge in [0.25, 0.3) is 5.91 Å². The topological polar surface area (TPSA) is 122 Å². The average molecular weight is 402 g/mol. The Morgan fingerprint density at radius 3 is 2.52 bits per heavy atom. The molecule has 2 heterocycles. The minimum atomic E-state index is -0.572. The van der Waals surface area contributed by atoms with E-state index in [-0.39, 0.29) is 25.2 Å².